The lowest BCUT2D eigenvalue weighted by atomic mass is 10.1. The number of methoxy groups -OCH3 is 2. The van der Waals surface area contributed by atoms with Crippen LogP contribution in [0.25, 0.3) is 0 Å². The van der Waals surface area contributed by atoms with Gasteiger partial charge < -0.3 is 14.8 Å². The van der Waals surface area contributed by atoms with Crippen LogP contribution in [0.3, 0.4) is 0 Å². The van der Waals surface area contributed by atoms with E-state index >= 15 is 0 Å². The highest BCUT2D eigenvalue weighted by Crippen LogP contribution is 2.26. The maximum atomic E-state index is 12.6. The highest BCUT2D eigenvalue weighted by Gasteiger charge is 2.15. The van der Waals surface area contributed by atoms with E-state index in [0.29, 0.717) is 28.4 Å². The average Bonchev–Trinajstić information content (AvgIpc) is 2.74. The van der Waals surface area contributed by atoms with Crippen LogP contribution < -0.4 is 19.5 Å². The Morgan fingerprint density at radius 3 is 2.07 bits per heavy atom. The molecule has 0 aliphatic rings. The van der Waals surface area contributed by atoms with Gasteiger partial charge in [0, 0.05) is 17.4 Å². The smallest absolute Gasteiger partial charge is 0.261 e. The first-order valence-electron chi connectivity index (χ1n) is 9.05. The Balaban J connectivity index is 1.71. The summed E-state index contributed by atoms with van der Waals surface area (Å²) in [5.41, 5.74) is 2.22. The molecule has 2 N–H and O–H groups in total. The Bertz CT molecular complexity index is 1140. The van der Waals surface area contributed by atoms with Crippen molar-refractivity contribution in [3.05, 3.63) is 77.9 Å². The normalized spacial score (nSPS) is 10.9. The molecule has 0 atom stereocenters. The Kier molecular flexibility index (Phi) is 6.27. The maximum absolute atomic E-state index is 12.6. The number of aryl methyl sites for hydroxylation is 1. The first-order chi connectivity index (χ1) is 14.3. The molecule has 1 amide bonds. The van der Waals surface area contributed by atoms with E-state index in [9.17, 15) is 13.2 Å². The van der Waals surface area contributed by atoms with Crippen LogP contribution in [-0.4, -0.2) is 28.5 Å². The van der Waals surface area contributed by atoms with Crippen molar-refractivity contribution in [1.29, 1.82) is 0 Å². The van der Waals surface area contributed by atoms with Gasteiger partial charge in [0.25, 0.3) is 15.9 Å². The molecule has 3 aromatic rings. The number of ether oxygens (including phenoxy) is 2. The number of anilines is 2. The van der Waals surface area contributed by atoms with Crippen molar-refractivity contribution in [1.82, 2.24) is 0 Å². The summed E-state index contributed by atoms with van der Waals surface area (Å²) in [6, 6.07) is 17.8. The Labute approximate surface area is 175 Å². The van der Waals surface area contributed by atoms with Gasteiger partial charge in [0.2, 0.25) is 0 Å². The minimum Gasteiger partial charge on any atom is -0.497 e. The van der Waals surface area contributed by atoms with Crippen LogP contribution in [-0.2, 0) is 10.0 Å². The van der Waals surface area contributed by atoms with Crippen molar-refractivity contribution in [3.63, 3.8) is 0 Å². The van der Waals surface area contributed by atoms with E-state index in [-0.39, 0.29) is 10.8 Å². The fourth-order valence-corrected chi connectivity index (χ4v) is 3.80. The van der Waals surface area contributed by atoms with Crippen molar-refractivity contribution >= 4 is 27.3 Å². The van der Waals surface area contributed by atoms with E-state index < -0.39 is 10.0 Å². The molecule has 0 saturated heterocycles. The van der Waals surface area contributed by atoms with Crippen molar-refractivity contribution in [2.45, 2.75) is 11.8 Å². The number of sulfonamides is 1. The van der Waals surface area contributed by atoms with Gasteiger partial charge in [-0.05, 0) is 55.5 Å². The van der Waals surface area contributed by atoms with Crippen LogP contribution in [0.4, 0.5) is 11.4 Å². The van der Waals surface area contributed by atoms with E-state index in [0.717, 1.165) is 5.56 Å². The minimum atomic E-state index is -3.69. The summed E-state index contributed by atoms with van der Waals surface area (Å²) in [4.78, 5) is 12.8. The fraction of sp³-hybridized carbons (Fsp3) is 0.136. The summed E-state index contributed by atoms with van der Waals surface area (Å²) in [7, 11) is -0.687. The predicted molar refractivity (Wildman–Crippen MR) is 116 cm³/mol. The lowest BCUT2D eigenvalue weighted by Gasteiger charge is -2.12. The molecule has 0 spiro atoms. The van der Waals surface area contributed by atoms with Crippen molar-refractivity contribution < 1.29 is 22.7 Å². The SMILES string of the molecule is COc1ccc(C(=O)Nc2ccc(NS(=O)(=O)c3ccc(C)cc3)cc2)c(OC)c1. The molecule has 8 heteroatoms. The van der Waals surface area contributed by atoms with Gasteiger partial charge in [-0.1, -0.05) is 17.7 Å². The van der Waals surface area contributed by atoms with Gasteiger partial charge >= 0.3 is 0 Å². The van der Waals surface area contributed by atoms with E-state index in [1.807, 2.05) is 6.92 Å². The van der Waals surface area contributed by atoms with Crippen LogP contribution in [0.1, 0.15) is 15.9 Å². The molecule has 0 aliphatic carbocycles. The molecule has 0 aliphatic heterocycles. The van der Waals surface area contributed by atoms with Crippen LogP contribution in [0.2, 0.25) is 0 Å². The lowest BCUT2D eigenvalue weighted by Crippen LogP contribution is -2.14. The van der Waals surface area contributed by atoms with Gasteiger partial charge in [0.05, 0.1) is 24.7 Å². The topological polar surface area (TPSA) is 93.7 Å². The van der Waals surface area contributed by atoms with Crippen LogP contribution in [0.5, 0.6) is 11.5 Å². The minimum absolute atomic E-state index is 0.178. The van der Waals surface area contributed by atoms with E-state index in [1.165, 1.54) is 14.2 Å². The standard InChI is InChI=1S/C22H22N2O5S/c1-15-4-11-19(12-5-15)30(26,27)24-17-8-6-16(7-9-17)23-22(25)20-13-10-18(28-2)14-21(20)29-3/h4-14,24H,1-3H3,(H,23,25). The summed E-state index contributed by atoms with van der Waals surface area (Å²) in [5, 5.41) is 2.76. The molecule has 156 valence electrons. The predicted octanol–water partition coefficient (Wildman–Crippen LogP) is 4.07. The van der Waals surface area contributed by atoms with Gasteiger partial charge in [-0.15, -0.1) is 0 Å². The average molecular weight is 426 g/mol. The molecule has 3 rings (SSSR count). The molecule has 0 radical (unpaired) electrons. The Morgan fingerprint density at radius 1 is 0.833 bits per heavy atom. The third-order valence-electron chi connectivity index (χ3n) is 4.38. The molecule has 0 bridgehead atoms. The van der Waals surface area contributed by atoms with Crippen molar-refractivity contribution in [2.75, 3.05) is 24.3 Å². The summed E-state index contributed by atoms with van der Waals surface area (Å²) >= 11 is 0. The summed E-state index contributed by atoms with van der Waals surface area (Å²) in [5.74, 6) is 0.602. The molecular formula is C22H22N2O5S. The molecule has 0 unspecified atom stereocenters. The summed E-state index contributed by atoms with van der Waals surface area (Å²) in [6.07, 6.45) is 0. The molecular weight excluding hydrogens is 404 g/mol. The summed E-state index contributed by atoms with van der Waals surface area (Å²) in [6.45, 7) is 1.89. The zero-order valence-corrected chi connectivity index (χ0v) is 17.6. The first kappa shape index (κ1) is 21.2. The molecule has 30 heavy (non-hydrogen) atoms. The number of amides is 1. The van der Waals surface area contributed by atoms with E-state index in [1.54, 1.807) is 66.7 Å². The zero-order valence-electron chi connectivity index (χ0n) is 16.8. The van der Waals surface area contributed by atoms with Gasteiger partial charge in [-0.25, -0.2) is 8.42 Å². The second-order valence-corrected chi connectivity index (χ2v) is 8.20. The number of hydrogen-bond acceptors (Lipinski definition) is 5. The van der Waals surface area contributed by atoms with Gasteiger partial charge in [-0.3, -0.25) is 9.52 Å². The van der Waals surface area contributed by atoms with E-state index in [4.69, 9.17) is 9.47 Å². The number of carbonyl (C=O) groups excluding carboxylic acids is 1. The maximum Gasteiger partial charge on any atom is 0.261 e. The third kappa shape index (κ3) is 4.90. The molecule has 0 aromatic heterocycles. The number of rotatable bonds is 7. The Hall–Kier alpha value is -3.52. The molecule has 3 aromatic carbocycles. The zero-order chi connectivity index (χ0) is 21.7. The second-order valence-electron chi connectivity index (χ2n) is 6.52. The monoisotopic (exact) mass is 426 g/mol. The van der Waals surface area contributed by atoms with E-state index in [2.05, 4.69) is 10.0 Å². The van der Waals surface area contributed by atoms with Gasteiger partial charge in [0.1, 0.15) is 11.5 Å². The van der Waals surface area contributed by atoms with Crippen LogP contribution in [0.15, 0.2) is 71.6 Å². The second kappa shape index (κ2) is 8.87. The fourth-order valence-electron chi connectivity index (χ4n) is 2.74. The number of benzene rings is 3. The Morgan fingerprint density at radius 2 is 1.47 bits per heavy atom. The largest absolute Gasteiger partial charge is 0.497 e. The lowest BCUT2D eigenvalue weighted by molar-refractivity contribution is 0.102. The highest BCUT2D eigenvalue weighted by molar-refractivity contribution is 7.92. The quantitative estimate of drug-likeness (QED) is 0.594. The van der Waals surface area contributed by atoms with Crippen molar-refractivity contribution in [2.24, 2.45) is 0 Å². The molecule has 0 fully saturated rings. The van der Waals surface area contributed by atoms with Crippen LogP contribution >= 0.6 is 0 Å². The number of hydrogen-bond donors (Lipinski definition) is 2. The van der Waals surface area contributed by atoms with Crippen LogP contribution in [0, 0.1) is 6.92 Å². The van der Waals surface area contributed by atoms with Gasteiger partial charge in [0.15, 0.2) is 0 Å². The third-order valence-corrected chi connectivity index (χ3v) is 5.78. The highest BCUT2D eigenvalue weighted by atomic mass is 32.2. The summed E-state index contributed by atoms with van der Waals surface area (Å²) < 4.78 is 37.9. The first-order valence-corrected chi connectivity index (χ1v) is 10.5. The molecule has 0 heterocycles. The van der Waals surface area contributed by atoms with Crippen molar-refractivity contribution in [3.8, 4) is 11.5 Å². The molecule has 7 nitrogen and oxygen atoms in total. The number of carbonyl (C=O) groups is 1. The molecule has 0 saturated carbocycles. The van der Waals surface area contributed by atoms with Gasteiger partial charge in [-0.2, -0.15) is 0 Å². The number of nitrogens with one attached hydrogen (secondary N) is 2.